The van der Waals surface area contributed by atoms with Gasteiger partial charge in [0, 0.05) is 41.1 Å². The lowest BCUT2D eigenvalue weighted by molar-refractivity contribution is 0.109. The number of nitrogens with zero attached hydrogens (tertiary/aromatic N) is 2. The van der Waals surface area contributed by atoms with E-state index in [0.29, 0.717) is 16.9 Å². The highest BCUT2D eigenvalue weighted by atomic mass is 32.2. The van der Waals surface area contributed by atoms with Crippen LogP contribution in [0.2, 0.25) is 0 Å². The SMILES string of the molecule is CC(C)OC(=O)N[C@H]1CC[C@H](c2ncc(-c3ccc(NC(=O)N[C@@H](C)c4ccccn4)cc3S(=O)(=O)NC(C)(C)C)s2)CC1. The van der Waals surface area contributed by atoms with E-state index in [9.17, 15) is 18.0 Å². The first kappa shape index (κ1) is 33.3. The number of urea groups is 1. The van der Waals surface area contributed by atoms with Crippen LogP contribution in [-0.4, -0.2) is 48.2 Å². The minimum Gasteiger partial charge on any atom is -0.447 e. The zero-order valence-corrected chi connectivity index (χ0v) is 27.6. The van der Waals surface area contributed by atoms with Crippen molar-refractivity contribution in [2.24, 2.45) is 0 Å². The van der Waals surface area contributed by atoms with E-state index in [1.165, 1.54) is 17.4 Å². The third-order valence-corrected chi connectivity index (χ3v) is 9.97. The second-order valence-corrected chi connectivity index (χ2v) is 15.1. The number of pyridine rings is 1. The molecule has 0 bridgehead atoms. The van der Waals surface area contributed by atoms with Crippen LogP contribution < -0.4 is 20.7 Å². The number of hydrogen-bond acceptors (Lipinski definition) is 8. The minimum atomic E-state index is -3.97. The van der Waals surface area contributed by atoms with Gasteiger partial charge < -0.3 is 20.7 Å². The molecule has 11 nitrogen and oxygen atoms in total. The zero-order chi connectivity index (χ0) is 32.1. The normalized spacial score (nSPS) is 18.0. The van der Waals surface area contributed by atoms with Crippen LogP contribution in [0.4, 0.5) is 15.3 Å². The van der Waals surface area contributed by atoms with Gasteiger partial charge in [0.05, 0.1) is 32.6 Å². The maximum atomic E-state index is 13.6. The van der Waals surface area contributed by atoms with Crippen LogP contribution in [0.5, 0.6) is 0 Å². The first-order chi connectivity index (χ1) is 20.7. The highest BCUT2D eigenvalue weighted by Crippen LogP contribution is 2.40. The molecular formula is C31H42N6O5S2. The number of anilines is 1. The number of nitrogens with one attached hydrogen (secondary N) is 4. The predicted molar refractivity (Wildman–Crippen MR) is 172 cm³/mol. The number of benzene rings is 1. The Morgan fingerprint density at radius 1 is 1.02 bits per heavy atom. The molecule has 3 aromatic rings. The van der Waals surface area contributed by atoms with Crippen LogP contribution in [-0.2, 0) is 14.8 Å². The monoisotopic (exact) mass is 642 g/mol. The van der Waals surface area contributed by atoms with Crippen molar-refractivity contribution in [1.29, 1.82) is 0 Å². The van der Waals surface area contributed by atoms with E-state index in [1.807, 2.05) is 32.9 Å². The van der Waals surface area contributed by atoms with Gasteiger partial charge in [0.1, 0.15) is 0 Å². The Labute approximate surface area is 263 Å². The molecule has 1 atom stereocenters. The molecule has 13 heteroatoms. The summed E-state index contributed by atoms with van der Waals surface area (Å²) < 4.78 is 35.2. The van der Waals surface area contributed by atoms with Gasteiger partial charge in [-0.1, -0.05) is 12.1 Å². The molecule has 0 saturated heterocycles. The third kappa shape index (κ3) is 9.23. The quantitative estimate of drug-likeness (QED) is 0.213. The average molecular weight is 643 g/mol. The number of thiazole rings is 1. The Balaban J connectivity index is 1.52. The molecule has 44 heavy (non-hydrogen) atoms. The van der Waals surface area contributed by atoms with Gasteiger partial charge in [-0.15, -0.1) is 11.3 Å². The number of carbonyl (C=O) groups excluding carboxylic acids is 2. The van der Waals surface area contributed by atoms with E-state index < -0.39 is 27.7 Å². The Bertz CT molecular complexity index is 1540. The summed E-state index contributed by atoms with van der Waals surface area (Å²) in [6.07, 6.45) is 6.13. The molecule has 1 aliphatic carbocycles. The number of hydrogen-bond donors (Lipinski definition) is 4. The summed E-state index contributed by atoms with van der Waals surface area (Å²) in [4.78, 5) is 34.5. The standard InChI is InChI=1S/C31H42N6O5S2/c1-19(2)42-30(39)36-22-12-10-21(11-13-22)28-33-18-26(43-28)24-15-14-23(17-27(24)44(40,41)37-31(4,5)6)35-29(38)34-20(3)25-9-7-8-16-32-25/h7-9,14-22,37H,10-13H2,1-6H3,(H,36,39)(H2,34,35,38)/t20-,21-,22-/m0/s1. The number of aromatic nitrogens is 2. The van der Waals surface area contributed by atoms with Crippen molar-refractivity contribution in [1.82, 2.24) is 25.3 Å². The average Bonchev–Trinajstić information content (AvgIpc) is 3.42. The van der Waals surface area contributed by atoms with Crippen molar-refractivity contribution in [2.45, 2.75) is 102 Å². The molecule has 0 aliphatic heterocycles. The molecule has 1 saturated carbocycles. The van der Waals surface area contributed by atoms with Gasteiger partial charge in [-0.2, -0.15) is 0 Å². The maximum Gasteiger partial charge on any atom is 0.407 e. The molecule has 1 fully saturated rings. The first-order valence-electron chi connectivity index (χ1n) is 14.8. The molecule has 0 spiro atoms. The molecule has 0 unspecified atom stereocenters. The molecule has 4 rings (SSSR count). The van der Waals surface area contributed by atoms with E-state index in [2.05, 4.69) is 30.6 Å². The van der Waals surface area contributed by atoms with Crippen molar-refractivity contribution in [3.05, 3.63) is 59.5 Å². The highest BCUT2D eigenvalue weighted by Gasteiger charge is 2.29. The van der Waals surface area contributed by atoms with Crippen LogP contribution in [0.3, 0.4) is 0 Å². The lowest BCUT2D eigenvalue weighted by Gasteiger charge is -2.28. The molecule has 0 radical (unpaired) electrons. The van der Waals surface area contributed by atoms with E-state index in [0.717, 1.165) is 35.6 Å². The Hall–Kier alpha value is -3.55. The van der Waals surface area contributed by atoms with E-state index in [1.54, 1.807) is 51.4 Å². The van der Waals surface area contributed by atoms with E-state index >= 15 is 0 Å². The van der Waals surface area contributed by atoms with Crippen LogP contribution in [0, 0.1) is 0 Å². The van der Waals surface area contributed by atoms with Crippen molar-refractivity contribution >= 4 is 39.2 Å². The Morgan fingerprint density at radius 3 is 2.39 bits per heavy atom. The number of amides is 3. The van der Waals surface area contributed by atoms with Crippen LogP contribution >= 0.6 is 11.3 Å². The molecule has 1 aliphatic rings. The summed E-state index contributed by atoms with van der Waals surface area (Å²) >= 11 is 1.47. The fraction of sp³-hybridized carbons (Fsp3) is 0.484. The van der Waals surface area contributed by atoms with Gasteiger partial charge in [-0.05, 0) is 91.5 Å². The van der Waals surface area contributed by atoms with Crippen LogP contribution in [0.15, 0.2) is 53.7 Å². The van der Waals surface area contributed by atoms with Gasteiger partial charge in [0.25, 0.3) is 0 Å². The molecule has 4 N–H and O–H groups in total. The summed E-state index contributed by atoms with van der Waals surface area (Å²) in [5, 5.41) is 9.47. The summed E-state index contributed by atoms with van der Waals surface area (Å²) in [7, 11) is -3.97. The highest BCUT2D eigenvalue weighted by molar-refractivity contribution is 7.89. The fourth-order valence-corrected chi connectivity index (χ4v) is 7.91. The third-order valence-electron chi connectivity index (χ3n) is 6.98. The number of carbonyl (C=O) groups is 2. The number of rotatable bonds is 9. The van der Waals surface area contributed by atoms with Gasteiger partial charge in [-0.25, -0.2) is 27.7 Å². The van der Waals surface area contributed by atoms with Crippen molar-refractivity contribution < 1.29 is 22.7 Å². The maximum absolute atomic E-state index is 13.6. The van der Waals surface area contributed by atoms with Crippen molar-refractivity contribution in [2.75, 3.05) is 5.32 Å². The summed E-state index contributed by atoms with van der Waals surface area (Å²) in [6.45, 7) is 10.8. The van der Waals surface area contributed by atoms with E-state index in [4.69, 9.17) is 4.74 Å². The minimum absolute atomic E-state index is 0.0507. The Morgan fingerprint density at radius 2 is 1.75 bits per heavy atom. The topological polar surface area (TPSA) is 151 Å². The Kier molecular flexibility index (Phi) is 10.6. The predicted octanol–water partition coefficient (Wildman–Crippen LogP) is 6.33. The van der Waals surface area contributed by atoms with Crippen molar-refractivity contribution in [3.8, 4) is 10.4 Å². The van der Waals surface area contributed by atoms with Gasteiger partial charge >= 0.3 is 12.1 Å². The number of alkyl carbamates (subject to hydrolysis) is 1. The number of ether oxygens (including phenoxy) is 1. The number of sulfonamides is 1. The molecular weight excluding hydrogens is 601 g/mol. The summed E-state index contributed by atoms with van der Waals surface area (Å²) in [6, 6.07) is 9.55. The molecule has 238 valence electrons. The smallest absolute Gasteiger partial charge is 0.407 e. The largest absolute Gasteiger partial charge is 0.447 e. The van der Waals surface area contributed by atoms with Gasteiger partial charge in [0.15, 0.2) is 0 Å². The molecule has 3 amide bonds. The van der Waals surface area contributed by atoms with Crippen LogP contribution in [0.1, 0.15) is 89.9 Å². The summed E-state index contributed by atoms with van der Waals surface area (Å²) in [5.74, 6) is 0.214. The second-order valence-electron chi connectivity index (χ2n) is 12.4. The van der Waals surface area contributed by atoms with E-state index in [-0.39, 0.29) is 29.0 Å². The second kappa shape index (κ2) is 14.0. The molecule has 2 aromatic heterocycles. The van der Waals surface area contributed by atoms with Crippen molar-refractivity contribution in [3.63, 3.8) is 0 Å². The fourth-order valence-electron chi connectivity index (χ4n) is 5.05. The first-order valence-corrected chi connectivity index (χ1v) is 17.1. The zero-order valence-electron chi connectivity index (χ0n) is 26.0. The van der Waals surface area contributed by atoms with Gasteiger partial charge in [-0.3, -0.25) is 4.98 Å². The van der Waals surface area contributed by atoms with Crippen LogP contribution in [0.25, 0.3) is 10.4 Å². The summed E-state index contributed by atoms with van der Waals surface area (Å²) in [5.41, 5.74) is 0.822. The van der Waals surface area contributed by atoms with Gasteiger partial charge in [0.2, 0.25) is 10.0 Å². The lowest BCUT2D eigenvalue weighted by Crippen LogP contribution is -2.40. The lowest BCUT2D eigenvalue weighted by atomic mass is 9.86. The molecule has 2 heterocycles. The molecule has 1 aromatic carbocycles.